The van der Waals surface area contributed by atoms with Crippen molar-refractivity contribution < 1.29 is 18.3 Å². The zero-order valence-corrected chi connectivity index (χ0v) is 17.7. The second-order valence-electron chi connectivity index (χ2n) is 7.99. The number of hydrogen-bond acceptors (Lipinski definition) is 4. The van der Waals surface area contributed by atoms with E-state index in [1.54, 1.807) is 48.8 Å². The number of likely N-dealkylation sites (tertiary alicyclic amines) is 1. The Balaban J connectivity index is 1.46. The summed E-state index contributed by atoms with van der Waals surface area (Å²) in [7, 11) is 0. The Morgan fingerprint density at radius 3 is 2.64 bits per heavy atom. The van der Waals surface area contributed by atoms with Crippen LogP contribution in [0.1, 0.15) is 23.2 Å². The number of hydrogen-bond donors (Lipinski definition) is 0. The first-order valence-electron chi connectivity index (χ1n) is 10.7. The topological polar surface area (TPSA) is 55.3 Å². The number of fused-ring (bicyclic) bond motifs is 1. The molecule has 4 aromatic rings. The van der Waals surface area contributed by atoms with E-state index in [0.717, 1.165) is 21.4 Å². The molecule has 1 fully saturated rings. The van der Waals surface area contributed by atoms with Crippen molar-refractivity contribution in [1.29, 1.82) is 0 Å². The summed E-state index contributed by atoms with van der Waals surface area (Å²) in [5.74, 6) is -3.65. The van der Waals surface area contributed by atoms with Crippen LogP contribution >= 0.6 is 0 Å². The number of nitrogens with zero attached hydrogens (tertiary/aromatic N) is 3. The predicted octanol–water partition coefficient (Wildman–Crippen LogP) is 5.57. The maximum atomic E-state index is 15.0. The Morgan fingerprint density at radius 1 is 0.970 bits per heavy atom. The van der Waals surface area contributed by atoms with Gasteiger partial charge in [-0.1, -0.05) is 30.3 Å². The number of amides is 1. The molecule has 0 bridgehead atoms. The van der Waals surface area contributed by atoms with Crippen LogP contribution < -0.4 is 4.74 Å². The van der Waals surface area contributed by atoms with Crippen LogP contribution in [-0.2, 0) is 0 Å². The third kappa shape index (κ3) is 4.26. The number of alkyl halides is 2. The molecule has 0 aliphatic carbocycles. The molecule has 5 nitrogen and oxygen atoms in total. The number of ether oxygens (including phenoxy) is 1. The molecular formula is C26H21F2N3O2. The van der Waals surface area contributed by atoms with Gasteiger partial charge in [0.05, 0.1) is 5.52 Å². The molecule has 1 amide bonds. The van der Waals surface area contributed by atoms with E-state index < -0.39 is 18.1 Å². The van der Waals surface area contributed by atoms with Crippen molar-refractivity contribution in [3.05, 3.63) is 90.8 Å². The summed E-state index contributed by atoms with van der Waals surface area (Å²) >= 11 is 0. The molecule has 1 saturated heterocycles. The average molecular weight is 445 g/mol. The Hall–Kier alpha value is -3.87. The normalized spacial score (nSPS) is 17.6. The molecular weight excluding hydrogens is 424 g/mol. The monoisotopic (exact) mass is 445 g/mol. The molecule has 33 heavy (non-hydrogen) atoms. The molecule has 166 valence electrons. The van der Waals surface area contributed by atoms with E-state index in [-0.39, 0.29) is 25.3 Å². The lowest BCUT2D eigenvalue weighted by Crippen LogP contribution is -2.57. The van der Waals surface area contributed by atoms with Crippen molar-refractivity contribution in [2.75, 3.05) is 6.54 Å². The zero-order chi connectivity index (χ0) is 22.8. The Kier molecular flexibility index (Phi) is 5.46. The third-order valence-corrected chi connectivity index (χ3v) is 5.74. The molecule has 1 aliphatic heterocycles. The average Bonchev–Trinajstić information content (AvgIpc) is 2.85. The zero-order valence-electron chi connectivity index (χ0n) is 17.7. The number of aromatic nitrogens is 2. The number of benzene rings is 2. The van der Waals surface area contributed by atoms with Crippen molar-refractivity contribution in [2.24, 2.45) is 0 Å². The molecule has 7 heteroatoms. The molecule has 1 aliphatic rings. The fourth-order valence-electron chi connectivity index (χ4n) is 4.08. The molecule has 0 unspecified atom stereocenters. The van der Waals surface area contributed by atoms with Crippen LogP contribution in [0.3, 0.4) is 0 Å². The van der Waals surface area contributed by atoms with Gasteiger partial charge in [0.15, 0.2) is 0 Å². The van der Waals surface area contributed by atoms with E-state index in [1.807, 2.05) is 36.4 Å². The maximum Gasteiger partial charge on any atom is 0.303 e. The number of pyridine rings is 2. The van der Waals surface area contributed by atoms with Crippen LogP contribution in [0, 0.1) is 0 Å². The second kappa shape index (κ2) is 8.58. The SMILES string of the molecule is O=C(c1cccc(-c2ccncc2)c1)N1CCCC(F)(F)[C@H]1Oc1ccc2ccccc2n1. The Bertz CT molecular complexity index is 1300. The van der Waals surface area contributed by atoms with E-state index in [9.17, 15) is 13.6 Å². The summed E-state index contributed by atoms with van der Waals surface area (Å²) in [6.45, 7) is 0.173. The first-order valence-corrected chi connectivity index (χ1v) is 10.7. The van der Waals surface area contributed by atoms with E-state index in [4.69, 9.17) is 4.74 Å². The molecule has 3 heterocycles. The van der Waals surface area contributed by atoms with Crippen LogP contribution in [0.15, 0.2) is 85.2 Å². The van der Waals surface area contributed by atoms with Gasteiger partial charge < -0.3 is 4.74 Å². The van der Waals surface area contributed by atoms with Crippen LogP contribution in [0.2, 0.25) is 0 Å². The summed E-state index contributed by atoms with van der Waals surface area (Å²) in [4.78, 5) is 22.8. The lowest BCUT2D eigenvalue weighted by atomic mass is 10.0. The number of rotatable bonds is 4. The van der Waals surface area contributed by atoms with Gasteiger partial charge in [-0.25, -0.2) is 13.8 Å². The Labute approximate surface area is 189 Å². The molecule has 2 aromatic carbocycles. The van der Waals surface area contributed by atoms with Crippen LogP contribution in [0.4, 0.5) is 8.78 Å². The van der Waals surface area contributed by atoms with Crippen LogP contribution in [0.25, 0.3) is 22.0 Å². The lowest BCUT2D eigenvalue weighted by molar-refractivity contribution is -0.173. The minimum atomic E-state index is -3.20. The van der Waals surface area contributed by atoms with E-state index in [2.05, 4.69) is 9.97 Å². The molecule has 5 rings (SSSR count). The smallest absolute Gasteiger partial charge is 0.303 e. The number of piperidine rings is 1. The van der Waals surface area contributed by atoms with E-state index in [0.29, 0.717) is 11.1 Å². The molecule has 2 aromatic heterocycles. The summed E-state index contributed by atoms with van der Waals surface area (Å²) < 4.78 is 35.7. The highest BCUT2D eigenvalue weighted by atomic mass is 19.3. The quantitative estimate of drug-likeness (QED) is 0.412. The van der Waals surface area contributed by atoms with Gasteiger partial charge in [-0.3, -0.25) is 14.7 Å². The summed E-state index contributed by atoms with van der Waals surface area (Å²) in [6.07, 6.45) is 1.42. The first kappa shape index (κ1) is 21.0. The van der Waals surface area contributed by atoms with E-state index in [1.165, 1.54) is 0 Å². The fourth-order valence-corrected chi connectivity index (χ4v) is 4.08. The summed E-state index contributed by atoms with van der Waals surface area (Å²) in [5.41, 5.74) is 2.65. The van der Waals surface area contributed by atoms with Crippen LogP contribution in [-0.4, -0.2) is 39.5 Å². The third-order valence-electron chi connectivity index (χ3n) is 5.74. The molecule has 1 atom stereocenters. The summed E-state index contributed by atoms with van der Waals surface area (Å²) in [6, 6.07) is 21.3. The lowest BCUT2D eigenvalue weighted by Gasteiger charge is -2.40. The van der Waals surface area contributed by atoms with Crippen LogP contribution in [0.5, 0.6) is 5.88 Å². The van der Waals surface area contributed by atoms with Gasteiger partial charge in [0.25, 0.3) is 5.91 Å². The van der Waals surface area contributed by atoms with Gasteiger partial charge >= 0.3 is 5.92 Å². The predicted molar refractivity (Wildman–Crippen MR) is 121 cm³/mol. The molecule has 0 radical (unpaired) electrons. The van der Waals surface area contributed by atoms with Gasteiger partial charge in [0, 0.05) is 42.4 Å². The van der Waals surface area contributed by atoms with Gasteiger partial charge in [-0.15, -0.1) is 0 Å². The number of carbonyl (C=O) groups is 1. The van der Waals surface area contributed by atoms with Gasteiger partial charge in [0.2, 0.25) is 12.1 Å². The van der Waals surface area contributed by atoms with Crippen molar-refractivity contribution >= 4 is 16.8 Å². The fraction of sp³-hybridized carbons (Fsp3) is 0.192. The van der Waals surface area contributed by atoms with Crippen molar-refractivity contribution in [1.82, 2.24) is 14.9 Å². The second-order valence-corrected chi connectivity index (χ2v) is 7.99. The van der Waals surface area contributed by atoms with Crippen molar-refractivity contribution in [3.8, 4) is 17.0 Å². The molecule has 0 N–H and O–H groups in total. The maximum absolute atomic E-state index is 15.0. The first-order chi connectivity index (χ1) is 16.0. The van der Waals surface area contributed by atoms with E-state index >= 15 is 0 Å². The number of carbonyl (C=O) groups excluding carboxylic acids is 1. The number of para-hydroxylation sites is 1. The largest absolute Gasteiger partial charge is 0.447 e. The van der Waals surface area contributed by atoms with Gasteiger partial charge in [0.1, 0.15) is 0 Å². The minimum absolute atomic E-state index is 0.0589. The molecule has 0 saturated carbocycles. The highest BCUT2D eigenvalue weighted by Crippen LogP contribution is 2.35. The van der Waals surface area contributed by atoms with Gasteiger partial charge in [-0.05, 0) is 53.9 Å². The minimum Gasteiger partial charge on any atom is -0.447 e. The van der Waals surface area contributed by atoms with Crippen molar-refractivity contribution in [2.45, 2.75) is 25.0 Å². The standard InChI is InChI=1S/C26H21F2N3O2/c27-26(28)13-4-16-31(25(26)33-23-10-9-19-5-1-2-8-22(19)30-23)24(32)21-7-3-6-20(17-21)18-11-14-29-15-12-18/h1-3,5-12,14-15,17,25H,4,13,16H2/t25-/m1/s1. The summed E-state index contributed by atoms with van der Waals surface area (Å²) in [5, 5.41) is 0.876. The molecule has 0 spiro atoms. The Morgan fingerprint density at radius 2 is 1.79 bits per heavy atom. The highest BCUT2D eigenvalue weighted by molar-refractivity contribution is 5.95. The number of halogens is 2. The van der Waals surface area contributed by atoms with Gasteiger partial charge in [-0.2, -0.15) is 0 Å². The van der Waals surface area contributed by atoms with Crippen molar-refractivity contribution in [3.63, 3.8) is 0 Å². The highest BCUT2D eigenvalue weighted by Gasteiger charge is 2.50.